The zero-order chi connectivity index (χ0) is 27.2. The number of nitrogens with zero attached hydrogens (tertiary/aromatic N) is 8. The number of aromatic nitrogens is 4. The number of carbonyl (C=O) groups is 1. The molecule has 1 aliphatic rings. The SMILES string of the molecule is CN(C)c1ncnc2c1ncn2C1OC(CO)C(NC(=O)C(N)Cc2ccc(OCCN=[N+]=[N-])cc2)C1O. The van der Waals surface area contributed by atoms with E-state index in [0.29, 0.717) is 22.7 Å². The number of benzene rings is 1. The molecule has 1 saturated heterocycles. The van der Waals surface area contributed by atoms with Gasteiger partial charge in [0.25, 0.3) is 0 Å². The van der Waals surface area contributed by atoms with Crippen LogP contribution in [0.25, 0.3) is 21.6 Å². The van der Waals surface area contributed by atoms with Crippen LogP contribution in [0.4, 0.5) is 5.82 Å². The summed E-state index contributed by atoms with van der Waals surface area (Å²) in [6.07, 6.45) is 0.0733. The van der Waals surface area contributed by atoms with Crippen molar-refractivity contribution in [2.45, 2.75) is 36.9 Å². The Bertz CT molecular complexity index is 1290. The van der Waals surface area contributed by atoms with Crippen LogP contribution in [0.5, 0.6) is 5.75 Å². The van der Waals surface area contributed by atoms with Crippen LogP contribution in [0.15, 0.2) is 42.0 Å². The van der Waals surface area contributed by atoms with Crippen molar-refractivity contribution in [3.63, 3.8) is 0 Å². The Balaban J connectivity index is 1.40. The standard InChI is InChI=1S/C23H30N10O5/c1-32(2)20-18-21(27-11-26-20)33(12-28-18)23-19(35)17(16(10-34)38-23)30-22(36)15(24)9-13-3-5-14(6-4-13)37-8-7-29-31-25/h3-6,11-12,15-17,19,23,34-35H,7-10,24H2,1-2H3,(H,30,36). The van der Waals surface area contributed by atoms with Gasteiger partial charge in [0, 0.05) is 19.0 Å². The van der Waals surface area contributed by atoms with E-state index in [9.17, 15) is 15.0 Å². The zero-order valence-electron chi connectivity index (χ0n) is 21.0. The monoisotopic (exact) mass is 526 g/mol. The summed E-state index contributed by atoms with van der Waals surface area (Å²) in [5.41, 5.74) is 16.2. The molecule has 1 fully saturated rings. The smallest absolute Gasteiger partial charge is 0.237 e. The molecule has 0 radical (unpaired) electrons. The molecule has 1 amide bonds. The van der Waals surface area contributed by atoms with E-state index < -0.39 is 43.0 Å². The first-order valence-electron chi connectivity index (χ1n) is 11.9. The summed E-state index contributed by atoms with van der Waals surface area (Å²) < 4.78 is 12.9. The summed E-state index contributed by atoms with van der Waals surface area (Å²) in [7, 11) is 3.66. The molecule has 202 valence electrons. The van der Waals surface area contributed by atoms with E-state index in [1.54, 1.807) is 33.7 Å². The number of carbonyl (C=O) groups excluding carboxylic acids is 1. The molecule has 1 aliphatic heterocycles. The summed E-state index contributed by atoms with van der Waals surface area (Å²) in [4.78, 5) is 30.2. The molecule has 0 bridgehead atoms. The van der Waals surface area contributed by atoms with Crippen molar-refractivity contribution < 1.29 is 24.5 Å². The van der Waals surface area contributed by atoms with Crippen LogP contribution in [0, 0.1) is 0 Å². The molecule has 3 aromatic rings. The summed E-state index contributed by atoms with van der Waals surface area (Å²) in [6, 6.07) is 5.20. The lowest BCUT2D eigenvalue weighted by Gasteiger charge is -2.23. The molecule has 5 N–H and O–H groups in total. The largest absolute Gasteiger partial charge is 0.493 e. The van der Waals surface area contributed by atoms with Gasteiger partial charge in [0.2, 0.25) is 5.91 Å². The molecule has 4 rings (SSSR count). The van der Waals surface area contributed by atoms with Gasteiger partial charge in [-0.15, -0.1) is 0 Å². The van der Waals surface area contributed by atoms with Gasteiger partial charge in [-0.1, -0.05) is 17.2 Å². The Hall–Kier alpha value is -4.01. The first-order chi connectivity index (χ1) is 18.3. The van der Waals surface area contributed by atoms with Gasteiger partial charge in [-0.05, 0) is 29.6 Å². The molecule has 15 heteroatoms. The van der Waals surface area contributed by atoms with E-state index in [0.717, 1.165) is 5.56 Å². The van der Waals surface area contributed by atoms with Gasteiger partial charge in [0.1, 0.15) is 24.3 Å². The Morgan fingerprint density at radius 3 is 2.79 bits per heavy atom. The highest BCUT2D eigenvalue weighted by molar-refractivity contribution is 5.83. The second-order valence-corrected chi connectivity index (χ2v) is 8.95. The lowest BCUT2D eigenvalue weighted by Crippen LogP contribution is -2.53. The average molecular weight is 527 g/mol. The van der Waals surface area contributed by atoms with E-state index in [4.69, 9.17) is 20.7 Å². The van der Waals surface area contributed by atoms with Gasteiger partial charge in [-0.2, -0.15) is 0 Å². The number of aliphatic hydroxyl groups excluding tert-OH is 2. The molecular weight excluding hydrogens is 496 g/mol. The van der Waals surface area contributed by atoms with Gasteiger partial charge >= 0.3 is 0 Å². The highest BCUT2D eigenvalue weighted by atomic mass is 16.5. The molecule has 1 aromatic carbocycles. The van der Waals surface area contributed by atoms with Crippen molar-refractivity contribution in [2.24, 2.45) is 10.8 Å². The summed E-state index contributed by atoms with van der Waals surface area (Å²) in [6.45, 7) is 0.0415. The third kappa shape index (κ3) is 5.77. The number of rotatable bonds is 11. The minimum absolute atomic E-state index is 0.220. The van der Waals surface area contributed by atoms with Crippen molar-refractivity contribution in [3.8, 4) is 5.75 Å². The molecule has 0 spiro atoms. The third-order valence-corrected chi connectivity index (χ3v) is 6.14. The number of aliphatic hydroxyl groups is 2. The number of fused-ring (bicyclic) bond motifs is 1. The summed E-state index contributed by atoms with van der Waals surface area (Å²) >= 11 is 0. The maximum absolute atomic E-state index is 12.9. The quantitative estimate of drug-likeness (QED) is 0.113. The van der Waals surface area contributed by atoms with Crippen molar-refractivity contribution in [1.29, 1.82) is 0 Å². The number of amides is 1. The van der Waals surface area contributed by atoms with Gasteiger partial charge in [-0.25, -0.2) is 15.0 Å². The number of hydrogen-bond acceptors (Lipinski definition) is 11. The van der Waals surface area contributed by atoms with Crippen molar-refractivity contribution in [2.75, 3.05) is 38.8 Å². The normalized spacial score (nSPS) is 21.6. The number of imidazole rings is 1. The third-order valence-electron chi connectivity index (χ3n) is 6.14. The van der Waals surface area contributed by atoms with Crippen LogP contribution < -0.4 is 20.7 Å². The minimum atomic E-state index is -1.21. The van der Waals surface area contributed by atoms with Gasteiger partial charge in [0.15, 0.2) is 23.2 Å². The topological polar surface area (TPSA) is 210 Å². The molecule has 38 heavy (non-hydrogen) atoms. The summed E-state index contributed by atoms with van der Waals surface area (Å²) in [5.74, 6) is 0.695. The fourth-order valence-electron chi connectivity index (χ4n) is 4.25. The second kappa shape index (κ2) is 12.0. The Morgan fingerprint density at radius 2 is 2.11 bits per heavy atom. The fourth-order valence-corrected chi connectivity index (χ4v) is 4.25. The van der Waals surface area contributed by atoms with Gasteiger partial charge in [-0.3, -0.25) is 9.36 Å². The number of hydrogen-bond donors (Lipinski definition) is 4. The molecular formula is C23H30N10O5. The Labute approximate surface area is 217 Å². The maximum atomic E-state index is 12.9. The zero-order valence-corrected chi connectivity index (χ0v) is 21.0. The molecule has 15 nitrogen and oxygen atoms in total. The molecule has 3 heterocycles. The number of nitrogens with one attached hydrogen (secondary N) is 1. The number of nitrogens with two attached hydrogens (primary N) is 1. The van der Waals surface area contributed by atoms with E-state index in [2.05, 4.69) is 30.3 Å². The lowest BCUT2D eigenvalue weighted by atomic mass is 10.0. The van der Waals surface area contributed by atoms with Crippen LogP contribution in [-0.4, -0.2) is 93.8 Å². The number of azide groups is 1. The number of anilines is 1. The highest BCUT2D eigenvalue weighted by Gasteiger charge is 2.46. The van der Waals surface area contributed by atoms with Crippen LogP contribution >= 0.6 is 0 Å². The van der Waals surface area contributed by atoms with Gasteiger partial charge in [0.05, 0.1) is 38.2 Å². The molecule has 2 aromatic heterocycles. The first-order valence-corrected chi connectivity index (χ1v) is 11.9. The molecule has 0 aliphatic carbocycles. The molecule has 0 saturated carbocycles. The molecule has 5 atom stereocenters. The first kappa shape index (κ1) is 27.0. The van der Waals surface area contributed by atoms with E-state index in [1.165, 1.54) is 12.7 Å². The van der Waals surface area contributed by atoms with Crippen LogP contribution in [0.3, 0.4) is 0 Å². The predicted molar refractivity (Wildman–Crippen MR) is 136 cm³/mol. The van der Waals surface area contributed by atoms with Crippen LogP contribution in [0.1, 0.15) is 11.8 Å². The van der Waals surface area contributed by atoms with Crippen LogP contribution in [-0.2, 0) is 16.0 Å². The summed E-state index contributed by atoms with van der Waals surface area (Å²) in [5, 5.41) is 27.1. The minimum Gasteiger partial charge on any atom is -0.493 e. The molecule has 5 unspecified atom stereocenters. The number of ether oxygens (including phenoxy) is 2. The van der Waals surface area contributed by atoms with Crippen LogP contribution in [0.2, 0.25) is 0 Å². The fraction of sp³-hybridized carbons (Fsp3) is 0.478. The predicted octanol–water partition coefficient (Wildman–Crippen LogP) is -0.113. The van der Waals surface area contributed by atoms with E-state index in [1.807, 2.05) is 14.1 Å². The highest BCUT2D eigenvalue weighted by Crippen LogP contribution is 2.32. The Morgan fingerprint density at radius 1 is 1.34 bits per heavy atom. The maximum Gasteiger partial charge on any atom is 0.237 e. The van der Waals surface area contributed by atoms with Crippen molar-refractivity contribution in [3.05, 3.63) is 52.9 Å². The second-order valence-electron chi connectivity index (χ2n) is 8.95. The lowest BCUT2D eigenvalue weighted by molar-refractivity contribution is -0.124. The van der Waals surface area contributed by atoms with E-state index >= 15 is 0 Å². The van der Waals surface area contributed by atoms with Gasteiger partial charge < -0.3 is 35.6 Å². The average Bonchev–Trinajstić information content (AvgIpc) is 3.48. The van der Waals surface area contributed by atoms with Crippen molar-refractivity contribution in [1.82, 2.24) is 24.8 Å². The van der Waals surface area contributed by atoms with E-state index in [-0.39, 0.29) is 19.6 Å². The van der Waals surface area contributed by atoms with Crippen molar-refractivity contribution >= 4 is 22.9 Å². The Kier molecular flexibility index (Phi) is 8.55.